The summed E-state index contributed by atoms with van der Waals surface area (Å²) < 4.78 is 4.68. The van der Waals surface area contributed by atoms with Crippen molar-refractivity contribution in [3.63, 3.8) is 0 Å². The first kappa shape index (κ1) is 14.9. The Morgan fingerprint density at radius 2 is 2.25 bits per heavy atom. The highest BCUT2D eigenvalue weighted by molar-refractivity contribution is 7.99. The van der Waals surface area contributed by atoms with Crippen LogP contribution in [0.1, 0.15) is 19.8 Å². The number of carbonyl (C=O) groups is 1. The van der Waals surface area contributed by atoms with Crippen LogP contribution < -0.4 is 5.73 Å². The molecule has 0 aliphatic rings. The zero-order valence-electron chi connectivity index (χ0n) is 11.7. The molecule has 0 bridgehead atoms. The number of ether oxygens (including phenoxy) is 1. The number of thioether (sulfide) groups is 1. The second kappa shape index (κ2) is 6.28. The van der Waals surface area contributed by atoms with Gasteiger partial charge in [0, 0.05) is 5.75 Å². The number of esters is 1. The molecule has 0 fully saturated rings. The Hall–Kier alpha value is -1.53. The molecule has 108 valence electrons. The average Bonchev–Trinajstić information content (AvgIpc) is 2.85. The van der Waals surface area contributed by atoms with E-state index in [0.717, 1.165) is 28.4 Å². The third kappa shape index (κ3) is 3.52. The lowest BCUT2D eigenvalue weighted by atomic mass is 9.98. The molecule has 1 aromatic carbocycles. The SMILES string of the molecule is COC(=O)C(C)(N)CCCSc1nc2ccccc2[nH]1. The van der Waals surface area contributed by atoms with E-state index in [4.69, 9.17) is 5.73 Å². The summed E-state index contributed by atoms with van der Waals surface area (Å²) in [6.07, 6.45) is 1.41. The Bertz CT molecular complexity index is 562. The second-order valence-corrected chi connectivity index (χ2v) is 6.00. The first-order chi connectivity index (χ1) is 9.53. The van der Waals surface area contributed by atoms with Gasteiger partial charge in [0.05, 0.1) is 18.1 Å². The number of rotatable bonds is 6. The lowest BCUT2D eigenvalue weighted by molar-refractivity contribution is -0.146. The van der Waals surface area contributed by atoms with Crippen LogP contribution in [-0.2, 0) is 9.53 Å². The number of fused-ring (bicyclic) bond motifs is 1. The fourth-order valence-electron chi connectivity index (χ4n) is 1.94. The van der Waals surface area contributed by atoms with E-state index in [1.54, 1.807) is 18.7 Å². The third-order valence-corrected chi connectivity index (χ3v) is 4.06. The number of H-pyrrole nitrogens is 1. The summed E-state index contributed by atoms with van der Waals surface area (Å²) in [4.78, 5) is 19.2. The molecule has 2 aromatic rings. The normalized spacial score (nSPS) is 14.2. The molecule has 20 heavy (non-hydrogen) atoms. The van der Waals surface area contributed by atoms with Crippen LogP contribution >= 0.6 is 11.8 Å². The summed E-state index contributed by atoms with van der Waals surface area (Å²) >= 11 is 1.63. The van der Waals surface area contributed by atoms with Crippen molar-refractivity contribution < 1.29 is 9.53 Å². The quantitative estimate of drug-likeness (QED) is 0.485. The highest BCUT2D eigenvalue weighted by atomic mass is 32.2. The van der Waals surface area contributed by atoms with Crippen molar-refractivity contribution in [1.29, 1.82) is 0 Å². The highest BCUT2D eigenvalue weighted by Crippen LogP contribution is 2.21. The Kier molecular flexibility index (Phi) is 4.67. The number of carbonyl (C=O) groups excluding carboxylic acids is 1. The minimum atomic E-state index is -0.914. The predicted molar refractivity (Wildman–Crippen MR) is 80.7 cm³/mol. The lowest BCUT2D eigenvalue weighted by Gasteiger charge is -2.20. The molecule has 1 atom stereocenters. The van der Waals surface area contributed by atoms with Crippen LogP contribution in [0.25, 0.3) is 11.0 Å². The topological polar surface area (TPSA) is 81.0 Å². The number of aromatic nitrogens is 2. The summed E-state index contributed by atoms with van der Waals surface area (Å²) in [7, 11) is 1.36. The van der Waals surface area contributed by atoms with E-state index >= 15 is 0 Å². The molecule has 3 N–H and O–H groups in total. The number of hydrogen-bond acceptors (Lipinski definition) is 5. The fourth-order valence-corrected chi connectivity index (χ4v) is 2.77. The standard InChI is InChI=1S/C14H19N3O2S/c1-14(15,12(18)19-2)8-5-9-20-13-16-10-6-3-4-7-11(10)17-13/h3-4,6-7H,5,8-9,15H2,1-2H3,(H,16,17). The molecule has 1 heterocycles. The Morgan fingerprint density at radius 1 is 1.50 bits per heavy atom. The van der Waals surface area contributed by atoms with Gasteiger partial charge in [0.25, 0.3) is 0 Å². The van der Waals surface area contributed by atoms with Crippen LogP contribution in [0.5, 0.6) is 0 Å². The van der Waals surface area contributed by atoms with Gasteiger partial charge in [0.1, 0.15) is 5.54 Å². The number of aromatic amines is 1. The van der Waals surface area contributed by atoms with Crippen molar-refractivity contribution in [3.8, 4) is 0 Å². The van der Waals surface area contributed by atoms with Gasteiger partial charge in [0.2, 0.25) is 0 Å². The van der Waals surface area contributed by atoms with Gasteiger partial charge in [-0.25, -0.2) is 4.98 Å². The van der Waals surface area contributed by atoms with Gasteiger partial charge in [-0.1, -0.05) is 23.9 Å². The van der Waals surface area contributed by atoms with E-state index in [1.165, 1.54) is 7.11 Å². The molecule has 0 saturated carbocycles. The zero-order valence-corrected chi connectivity index (χ0v) is 12.5. The van der Waals surface area contributed by atoms with Gasteiger partial charge >= 0.3 is 5.97 Å². The van der Waals surface area contributed by atoms with Crippen LogP contribution in [0.4, 0.5) is 0 Å². The van der Waals surface area contributed by atoms with E-state index in [-0.39, 0.29) is 5.97 Å². The number of nitrogens with two attached hydrogens (primary N) is 1. The monoisotopic (exact) mass is 293 g/mol. The maximum absolute atomic E-state index is 11.4. The summed E-state index contributed by atoms with van der Waals surface area (Å²) in [5.41, 5.74) is 6.99. The largest absolute Gasteiger partial charge is 0.468 e. The summed E-state index contributed by atoms with van der Waals surface area (Å²) in [5, 5.41) is 0.892. The van der Waals surface area contributed by atoms with Gasteiger partial charge in [-0.3, -0.25) is 4.79 Å². The zero-order chi connectivity index (χ0) is 14.6. The summed E-state index contributed by atoms with van der Waals surface area (Å²) in [5.74, 6) is 0.482. The molecule has 0 amide bonds. The molecule has 5 nitrogen and oxygen atoms in total. The molecule has 0 spiro atoms. The third-order valence-electron chi connectivity index (χ3n) is 3.10. The number of methoxy groups -OCH3 is 1. The van der Waals surface area contributed by atoms with Gasteiger partial charge < -0.3 is 15.5 Å². The number of imidazole rings is 1. The highest BCUT2D eigenvalue weighted by Gasteiger charge is 2.28. The number of para-hydroxylation sites is 2. The van der Waals surface area contributed by atoms with Gasteiger partial charge in [0.15, 0.2) is 5.16 Å². The lowest BCUT2D eigenvalue weighted by Crippen LogP contribution is -2.45. The summed E-state index contributed by atoms with van der Waals surface area (Å²) in [6.45, 7) is 1.70. The van der Waals surface area contributed by atoms with Gasteiger partial charge in [-0.2, -0.15) is 0 Å². The molecule has 1 aromatic heterocycles. The maximum Gasteiger partial charge on any atom is 0.325 e. The Labute approximate surface area is 122 Å². The van der Waals surface area contributed by atoms with E-state index in [0.29, 0.717) is 6.42 Å². The number of hydrogen-bond donors (Lipinski definition) is 2. The fraction of sp³-hybridized carbons (Fsp3) is 0.429. The first-order valence-corrected chi connectivity index (χ1v) is 7.46. The molecular weight excluding hydrogens is 274 g/mol. The van der Waals surface area contributed by atoms with E-state index in [1.807, 2.05) is 24.3 Å². The molecule has 0 radical (unpaired) electrons. The van der Waals surface area contributed by atoms with Crippen LogP contribution in [0.2, 0.25) is 0 Å². The van der Waals surface area contributed by atoms with Crippen molar-refractivity contribution in [1.82, 2.24) is 9.97 Å². The van der Waals surface area contributed by atoms with E-state index in [9.17, 15) is 4.79 Å². The van der Waals surface area contributed by atoms with Crippen LogP contribution in [0.3, 0.4) is 0 Å². The number of benzene rings is 1. The smallest absolute Gasteiger partial charge is 0.325 e. The van der Waals surface area contributed by atoms with Crippen LogP contribution in [0.15, 0.2) is 29.4 Å². The van der Waals surface area contributed by atoms with Gasteiger partial charge in [-0.05, 0) is 31.9 Å². The molecule has 6 heteroatoms. The Balaban J connectivity index is 1.83. The molecule has 2 rings (SSSR count). The van der Waals surface area contributed by atoms with Crippen molar-refractivity contribution in [3.05, 3.63) is 24.3 Å². The minimum Gasteiger partial charge on any atom is -0.468 e. The molecule has 0 saturated heterocycles. The van der Waals surface area contributed by atoms with E-state index in [2.05, 4.69) is 14.7 Å². The number of nitrogens with zero attached hydrogens (tertiary/aromatic N) is 1. The van der Waals surface area contributed by atoms with Crippen molar-refractivity contribution >= 4 is 28.8 Å². The van der Waals surface area contributed by atoms with E-state index < -0.39 is 5.54 Å². The molecule has 0 aliphatic carbocycles. The predicted octanol–water partition coefficient (Wildman–Crippen LogP) is 2.33. The second-order valence-electron chi connectivity index (χ2n) is 4.92. The van der Waals surface area contributed by atoms with Crippen LogP contribution in [0, 0.1) is 0 Å². The van der Waals surface area contributed by atoms with Crippen molar-refractivity contribution in [2.45, 2.75) is 30.5 Å². The number of nitrogens with one attached hydrogen (secondary N) is 1. The summed E-state index contributed by atoms with van der Waals surface area (Å²) in [6, 6.07) is 7.92. The average molecular weight is 293 g/mol. The molecule has 1 unspecified atom stereocenters. The van der Waals surface area contributed by atoms with Gasteiger partial charge in [-0.15, -0.1) is 0 Å². The molecule has 0 aliphatic heterocycles. The van der Waals surface area contributed by atoms with Crippen molar-refractivity contribution in [2.24, 2.45) is 5.73 Å². The minimum absolute atomic E-state index is 0.369. The van der Waals surface area contributed by atoms with Crippen LogP contribution in [-0.4, -0.2) is 34.3 Å². The maximum atomic E-state index is 11.4. The molecular formula is C14H19N3O2S. The van der Waals surface area contributed by atoms with Crippen molar-refractivity contribution in [2.75, 3.05) is 12.9 Å². The Morgan fingerprint density at radius 3 is 2.95 bits per heavy atom. The first-order valence-electron chi connectivity index (χ1n) is 6.48.